The van der Waals surface area contributed by atoms with Gasteiger partial charge in [-0.25, -0.2) is 9.48 Å². The van der Waals surface area contributed by atoms with Crippen molar-refractivity contribution in [1.82, 2.24) is 15.0 Å². The van der Waals surface area contributed by atoms with E-state index in [1.165, 1.54) is 26.4 Å². The van der Waals surface area contributed by atoms with E-state index >= 15 is 0 Å². The third kappa shape index (κ3) is 2.20. The zero-order chi connectivity index (χ0) is 13.2. The van der Waals surface area contributed by atoms with Crippen LogP contribution in [0.3, 0.4) is 0 Å². The SMILES string of the molecule is COC(=O)c1ccc2c(c1)nnn2C1CCCCC1. The molecule has 1 aliphatic rings. The van der Waals surface area contributed by atoms with Crippen molar-refractivity contribution in [3.63, 3.8) is 0 Å². The fourth-order valence-electron chi connectivity index (χ4n) is 2.78. The largest absolute Gasteiger partial charge is 0.465 e. The molecule has 1 aliphatic carbocycles. The van der Waals surface area contributed by atoms with Gasteiger partial charge in [-0.05, 0) is 31.0 Å². The Balaban J connectivity index is 1.97. The lowest BCUT2D eigenvalue weighted by Crippen LogP contribution is -2.14. The van der Waals surface area contributed by atoms with Crippen LogP contribution in [-0.2, 0) is 4.74 Å². The van der Waals surface area contributed by atoms with E-state index in [1.54, 1.807) is 12.1 Å². The van der Waals surface area contributed by atoms with Gasteiger partial charge in [0, 0.05) is 0 Å². The second kappa shape index (κ2) is 4.99. The average molecular weight is 259 g/mol. The second-order valence-electron chi connectivity index (χ2n) is 5.02. The minimum absolute atomic E-state index is 0.339. The summed E-state index contributed by atoms with van der Waals surface area (Å²) in [4.78, 5) is 11.5. The quantitative estimate of drug-likeness (QED) is 0.778. The van der Waals surface area contributed by atoms with Crippen molar-refractivity contribution in [2.75, 3.05) is 7.11 Å². The van der Waals surface area contributed by atoms with Gasteiger partial charge in [-0.3, -0.25) is 0 Å². The summed E-state index contributed by atoms with van der Waals surface area (Å²) in [6, 6.07) is 5.88. The summed E-state index contributed by atoms with van der Waals surface area (Å²) in [5.41, 5.74) is 2.28. The lowest BCUT2D eigenvalue weighted by atomic mass is 9.95. The van der Waals surface area contributed by atoms with Crippen LogP contribution in [-0.4, -0.2) is 28.1 Å². The van der Waals surface area contributed by atoms with Crippen LogP contribution in [0.4, 0.5) is 0 Å². The van der Waals surface area contributed by atoms with E-state index in [2.05, 4.69) is 10.3 Å². The van der Waals surface area contributed by atoms with Crippen LogP contribution in [0.2, 0.25) is 0 Å². The highest BCUT2D eigenvalue weighted by Gasteiger charge is 2.19. The highest BCUT2D eigenvalue weighted by Crippen LogP contribution is 2.29. The Bertz CT molecular complexity index is 600. The van der Waals surface area contributed by atoms with Crippen LogP contribution in [0.25, 0.3) is 11.0 Å². The van der Waals surface area contributed by atoms with Crippen LogP contribution >= 0.6 is 0 Å². The van der Waals surface area contributed by atoms with E-state index < -0.39 is 0 Å². The van der Waals surface area contributed by atoms with Crippen molar-refractivity contribution in [3.8, 4) is 0 Å². The summed E-state index contributed by atoms with van der Waals surface area (Å²) in [7, 11) is 1.38. The molecule has 0 aliphatic heterocycles. The predicted molar refractivity (Wildman–Crippen MR) is 71.0 cm³/mol. The smallest absolute Gasteiger partial charge is 0.337 e. The van der Waals surface area contributed by atoms with Crippen molar-refractivity contribution < 1.29 is 9.53 Å². The Hall–Kier alpha value is -1.91. The zero-order valence-corrected chi connectivity index (χ0v) is 11.0. The molecule has 2 aromatic rings. The highest BCUT2D eigenvalue weighted by atomic mass is 16.5. The van der Waals surface area contributed by atoms with Gasteiger partial charge < -0.3 is 4.74 Å². The second-order valence-corrected chi connectivity index (χ2v) is 5.02. The fraction of sp³-hybridized carbons (Fsp3) is 0.500. The van der Waals surface area contributed by atoms with E-state index in [4.69, 9.17) is 4.74 Å². The molecule has 0 bridgehead atoms. The van der Waals surface area contributed by atoms with Crippen LogP contribution in [0, 0.1) is 0 Å². The highest BCUT2D eigenvalue weighted by molar-refractivity contribution is 5.93. The third-order valence-electron chi connectivity index (χ3n) is 3.81. The molecule has 5 heteroatoms. The molecule has 0 unspecified atom stereocenters. The normalized spacial score (nSPS) is 16.7. The maximum absolute atomic E-state index is 11.5. The van der Waals surface area contributed by atoms with Gasteiger partial charge in [-0.1, -0.05) is 24.5 Å². The molecule has 1 aromatic carbocycles. The van der Waals surface area contributed by atoms with Gasteiger partial charge in [-0.15, -0.1) is 5.10 Å². The molecule has 1 fully saturated rings. The third-order valence-corrected chi connectivity index (χ3v) is 3.81. The molecule has 0 saturated heterocycles. The Morgan fingerprint density at radius 1 is 1.32 bits per heavy atom. The first-order valence-electron chi connectivity index (χ1n) is 6.73. The molecule has 1 saturated carbocycles. The first kappa shape index (κ1) is 12.1. The number of methoxy groups -OCH3 is 1. The number of carbonyl (C=O) groups is 1. The number of hydrogen-bond acceptors (Lipinski definition) is 4. The molecule has 0 radical (unpaired) electrons. The minimum Gasteiger partial charge on any atom is -0.465 e. The van der Waals surface area contributed by atoms with Crippen molar-refractivity contribution in [1.29, 1.82) is 0 Å². The van der Waals surface area contributed by atoms with Crippen LogP contribution < -0.4 is 0 Å². The van der Waals surface area contributed by atoms with Gasteiger partial charge in [0.1, 0.15) is 5.52 Å². The molecule has 0 N–H and O–H groups in total. The molecular weight excluding hydrogens is 242 g/mol. The van der Waals surface area contributed by atoms with Gasteiger partial charge in [0.2, 0.25) is 0 Å². The maximum atomic E-state index is 11.5. The molecule has 3 rings (SSSR count). The summed E-state index contributed by atoms with van der Waals surface area (Å²) in [5.74, 6) is -0.339. The Kier molecular flexibility index (Phi) is 3.19. The number of ether oxygens (including phenoxy) is 1. The fourth-order valence-corrected chi connectivity index (χ4v) is 2.78. The molecule has 5 nitrogen and oxygen atoms in total. The summed E-state index contributed by atoms with van der Waals surface area (Å²) >= 11 is 0. The van der Waals surface area contributed by atoms with E-state index in [0.29, 0.717) is 11.6 Å². The number of carbonyl (C=O) groups excluding carboxylic acids is 1. The molecule has 1 heterocycles. The molecule has 100 valence electrons. The standard InChI is InChI=1S/C14H17N3O2/c1-19-14(18)10-7-8-13-12(9-10)15-16-17(13)11-5-3-2-4-6-11/h7-9,11H,2-6H2,1H3. The molecule has 0 amide bonds. The summed E-state index contributed by atoms with van der Waals surface area (Å²) in [6.07, 6.45) is 6.16. The average Bonchev–Trinajstić information content (AvgIpc) is 2.90. The van der Waals surface area contributed by atoms with E-state index in [9.17, 15) is 4.79 Å². The summed E-state index contributed by atoms with van der Waals surface area (Å²) in [5, 5.41) is 8.44. The maximum Gasteiger partial charge on any atom is 0.337 e. The Morgan fingerprint density at radius 2 is 2.11 bits per heavy atom. The number of esters is 1. The van der Waals surface area contributed by atoms with Gasteiger partial charge in [0.25, 0.3) is 0 Å². The minimum atomic E-state index is -0.339. The topological polar surface area (TPSA) is 57.0 Å². The van der Waals surface area contributed by atoms with Crippen molar-refractivity contribution in [2.45, 2.75) is 38.1 Å². The number of benzene rings is 1. The van der Waals surface area contributed by atoms with Gasteiger partial charge in [0.05, 0.1) is 24.2 Å². The molecule has 1 aromatic heterocycles. The molecular formula is C14H17N3O2. The van der Waals surface area contributed by atoms with E-state index in [0.717, 1.165) is 23.9 Å². The Labute approximate surface area is 111 Å². The van der Waals surface area contributed by atoms with Gasteiger partial charge in [0.15, 0.2) is 0 Å². The summed E-state index contributed by atoms with van der Waals surface area (Å²) in [6.45, 7) is 0. The van der Waals surface area contributed by atoms with Crippen molar-refractivity contribution in [3.05, 3.63) is 23.8 Å². The summed E-state index contributed by atoms with van der Waals surface area (Å²) < 4.78 is 6.72. The number of fused-ring (bicyclic) bond motifs is 1. The van der Waals surface area contributed by atoms with Crippen molar-refractivity contribution in [2.24, 2.45) is 0 Å². The molecule has 0 atom stereocenters. The number of rotatable bonds is 2. The van der Waals surface area contributed by atoms with Crippen LogP contribution in [0.5, 0.6) is 0 Å². The lowest BCUT2D eigenvalue weighted by Gasteiger charge is -2.21. The molecule has 19 heavy (non-hydrogen) atoms. The zero-order valence-electron chi connectivity index (χ0n) is 11.0. The number of nitrogens with zero attached hydrogens (tertiary/aromatic N) is 3. The van der Waals surface area contributed by atoms with Gasteiger partial charge >= 0.3 is 5.97 Å². The van der Waals surface area contributed by atoms with Crippen LogP contribution in [0.15, 0.2) is 18.2 Å². The monoisotopic (exact) mass is 259 g/mol. The molecule has 0 spiro atoms. The van der Waals surface area contributed by atoms with Gasteiger partial charge in [-0.2, -0.15) is 0 Å². The van der Waals surface area contributed by atoms with E-state index in [-0.39, 0.29) is 5.97 Å². The predicted octanol–water partition coefficient (Wildman–Crippen LogP) is 2.72. The van der Waals surface area contributed by atoms with E-state index in [1.807, 2.05) is 10.7 Å². The Morgan fingerprint density at radius 3 is 2.84 bits per heavy atom. The number of aromatic nitrogens is 3. The lowest BCUT2D eigenvalue weighted by molar-refractivity contribution is 0.0601. The first-order valence-corrected chi connectivity index (χ1v) is 6.73. The number of hydrogen-bond donors (Lipinski definition) is 0. The first-order chi connectivity index (χ1) is 9.29. The van der Waals surface area contributed by atoms with Crippen LogP contribution in [0.1, 0.15) is 48.5 Å². The van der Waals surface area contributed by atoms with Crippen molar-refractivity contribution >= 4 is 17.0 Å².